The van der Waals surface area contributed by atoms with Gasteiger partial charge in [-0.1, -0.05) is 37.2 Å². The lowest BCUT2D eigenvalue weighted by atomic mass is 10.2. The molecular weight excluding hydrogens is 276 g/mol. The molecule has 2 aromatic rings. The van der Waals surface area contributed by atoms with Crippen molar-refractivity contribution in [2.24, 2.45) is 0 Å². The summed E-state index contributed by atoms with van der Waals surface area (Å²) in [6, 6.07) is 6.59. The van der Waals surface area contributed by atoms with Crippen LogP contribution in [0.25, 0.3) is 0 Å². The average Bonchev–Trinajstić information content (AvgIpc) is 2.43. The molecule has 0 aliphatic carbocycles. The number of rotatable bonds is 5. The van der Waals surface area contributed by atoms with Gasteiger partial charge in [0.2, 0.25) is 0 Å². The van der Waals surface area contributed by atoms with Gasteiger partial charge in [-0.05, 0) is 12.5 Å². The number of nitro groups is 1. The van der Waals surface area contributed by atoms with E-state index in [9.17, 15) is 10.1 Å². The van der Waals surface area contributed by atoms with Gasteiger partial charge in [0.25, 0.3) is 5.69 Å². The Bertz CT molecular complexity index is 634. The van der Waals surface area contributed by atoms with Crippen LogP contribution in [-0.2, 0) is 6.42 Å². The number of nitro benzene ring substituents is 1. The number of anilines is 1. The number of benzene rings is 1. The quantitative estimate of drug-likeness (QED) is 0.516. The molecule has 0 saturated carbocycles. The van der Waals surface area contributed by atoms with Crippen LogP contribution in [-0.4, -0.2) is 14.9 Å². The zero-order valence-electron chi connectivity index (χ0n) is 10.9. The third kappa shape index (κ3) is 3.05. The topological polar surface area (TPSA) is 94.9 Å². The molecule has 0 fully saturated rings. The van der Waals surface area contributed by atoms with Crippen molar-refractivity contribution in [1.29, 1.82) is 0 Å². The van der Waals surface area contributed by atoms with Gasteiger partial charge in [-0.25, -0.2) is 9.97 Å². The summed E-state index contributed by atoms with van der Waals surface area (Å²) in [5.74, 6) is 0.433. The Morgan fingerprint density at radius 3 is 2.80 bits per heavy atom. The fourth-order valence-electron chi connectivity index (χ4n) is 1.78. The molecule has 0 atom stereocenters. The molecule has 0 aliphatic heterocycles. The average molecular weight is 290 g/mol. The summed E-state index contributed by atoms with van der Waals surface area (Å²) in [7, 11) is 0. The van der Waals surface area contributed by atoms with Gasteiger partial charge in [0.05, 0.1) is 9.82 Å². The Labute approximate surface area is 120 Å². The minimum atomic E-state index is -0.396. The molecule has 0 radical (unpaired) electrons. The Balaban J connectivity index is 2.40. The molecule has 7 heteroatoms. The first kappa shape index (κ1) is 14.3. The van der Waals surface area contributed by atoms with E-state index in [0.29, 0.717) is 15.7 Å². The molecule has 0 aliphatic rings. The van der Waals surface area contributed by atoms with E-state index in [1.165, 1.54) is 24.2 Å². The fraction of sp³-hybridized carbons (Fsp3) is 0.231. The highest BCUT2D eigenvalue weighted by Crippen LogP contribution is 2.36. The molecule has 0 saturated heterocycles. The van der Waals surface area contributed by atoms with E-state index in [-0.39, 0.29) is 5.69 Å². The maximum atomic E-state index is 11.0. The zero-order chi connectivity index (χ0) is 14.5. The van der Waals surface area contributed by atoms with Gasteiger partial charge >= 0.3 is 0 Å². The van der Waals surface area contributed by atoms with E-state index < -0.39 is 4.92 Å². The summed E-state index contributed by atoms with van der Waals surface area (Å²) < 4.78 is 0. The maximum absolute atomic E-state index is 11.0. The highest BCUT2D eigenvalue weighted by atomic mass is 32.2. The van der Waals surface area contributed by atoms with E-state index in [0.717, 1.165) is 18.4 Å². The summed E-state index contributed by atoms with van der Waals surface area (Å²) in [6.07, 6.45) is 3.03. The molecule has 2 N–H and O–H groups in total. The van der Waals surface area contributed by atoms with E-state index in [4.69, 9.17) is 5.73 Å². The Morgan fingerprint density at radius 2 is 2.10 bits per heavy atom. The molecule has 0 unspecified atom stereocenters. The lowest BCUT2D eigenvalue weighted by molar-refractivity contribution is -0.387. The summed E-state index contributed by atoms with van der Waals surface area (Å²) in [5, 5.41) is 11.7. The highest BCUT2D eigenvalue weighted by molar-refractivity contribution is 7.99. The van der Waals surface area contributed by atoms with Crippen molar-refractivity contribution in [3.05, 3.63) is 46.3 Å². The van der Waals surface area contributed by atoms with Crippen LogP contribution in [0.15, 0.2) is 40.5 Å². The third-order valence-electron chi connectivity index (χ3n) is 2.71. The van der Waals surface area contributed by atoms with Crippen LogP contribution in [0.3, 0.4) is 0 Å². The third-order valence-corrected chi connectivity index (χ3v) is 3.82. The summed E-state index contributed by atoms with van der Waals surface area (Å²) in [4.78, 5) is 19.4. The predicted octanol–water partition coefficient (Wildman–Crippen LogP) is 3.07. The van der Waals surface area contributed by atoms with Gasteiger partial charge in [-0.15, -0.1) is 0 Å². The van der Waals surface area contributed by atoms with E-state index in [1.54, 1.807) is 18.2 Å². The van der Waals surface area contributed by atoms with Crippen LogP contribution in [0.4, 0.5) is 11.5 Å². The summed E-state index contributed by atoms with van der Waals surface area (Å²) in [5.41, 5.74) is 6.77. The molecular formula is C13H14N4O2S. The van der Waals surface area contributed by atoms with Gasteiger partial charge in [-0.2, -0.15) is 0 Å². The van der Waals surface area contributed by atoms with Crippen molar-refractivity contribution in [2.75, 3.05) is 5.73 Å². The second-order valence-electron chi connectivity index (χ2n) is 4.12. The van der Waals surface area contributed by atoms with Crippen LogP contribution in [0.1, 0.15) is 18.9 Å². The van der Waals surface area contributed by atoms with Crippen LogP contribution in [0.5, 0.6) is 0 Å². The first-order chi connectivity index (χ1) is 9.63. The lowest BCUT2D eigenvalue weighted by Crippen LogP contribution is -2.02. The number of nitrogen functional groups attached to an aromatic ring is 1. The largest absolute Gasteiger partial charge is 0.383 e. The SMILES string of the molecule is CCCc1c(N)ncnc1Sc1ccccc1[N+](=O)[O-]. The molecule has 104 valence electrons. The molecule has 20 heavy (non-hydrogen) atoms. The predicted molar refractivity (Wildman–Crippen MR) is 77.7 cm³/mol. The first-order valence-electron chi connectivity index (χ1n) is 6.14. The van der Waals surface area contributed by atoms with Crippen molar-refractivity contribution in [1.82, 2.24) is 9.97 Å². The summed E-state index contributed by atoms with van der Waals surface area (Å²) >= 11 is 1.25. The molecule has 6 nitrogen and oxygen atoms in total. The molecule has 2 rings (SSSR count). The van der Waals surface area contributed by atoms with Crippen molar-refractivity contribution < 1.29 is 4.92 Å². The van der Waals surface area contributed by atoms with Gasteiger partial charge in [0.1, 0.15) is 17.2 Å². The number of nitrogens with two attached hydrogens (primary N) is 1. The minimum absolute atomic E-state index is 0.0668. The molecule has 0 amide bonds. The fourth-order valence-corrected chi connectivity index (χ4v) is 2.81. The maximum Gasteiger partial charge on any atom is 0.283 e. The Morgan fingerprint density at radius 1 is 1.35 bits per heavy atom. The van der Waals surface area contributed by atoms with Gasteiger partial charge < -0.3 is 5.73 Å². The monoisotopic (exact) mass is 290 g/mol. The molecule has 1 aromatic heterocycles. The zero-order valence-corrected chi connectivity index (χ0v) is 11.8. The number of para-hydroxylation sites is 1. The second-order valence-corrected chi connectivity index (χ2v) is 5.15. The van der Waals surface area contributed by atoms with Crippen LogP contribution < -0.4 is 5.73 Å². The first-order valence-corrected chi connectivity index (χ1v) is 6.95. The smallest absolute Gasteiger partial charge is 0.283 e. The van der Waals surface area contributed by atoms with Crippen molar-refractivity contribution in [3.63, 3.8) is 0 Å². The van der Waals surface area contributed by atoms with Gasteiger partial charge in [0.15, 0.2) is 0 Å². The molecule has 1 heterocycles. The second kappa shape index (κ2) is 6.33. The minimum Gasteiger partial charge on any atom is -0.383 e. The van der Waals surface area contributed by atoms with Crippen LogP contribution >= 0.6 is 11.8 Å². The highest BCUT2D eigenvalue weighted by Gasteiger charge is 2.17. The molecule has 1 aromatic carbocycles. The van der Waals surface area contributed by atoms with Crippen LogP contribution in [0, 0.1) is 10.1 Å². The standard InChI is InChI=1S/C13H14N4O2S/c1-2-5-9-12(14)15-8-16-13(9)20-11-7-4-3-6-10(11)17(18)19/h3-4,6-8H,2,5H2,1H3,(H2,14,15,16). The number of nitrogens with zero attached hydrogens (tertiary/aromatic N) is 3. The van der Waals surface area contributed by atoms with Crippen LogP contribution in [0.2, 0.25) is 0 Å². The normalized spacial score (nSPS) is 10.4. The van der Waals surface area contributed by atoms with E-state index in [1.807, 2.05) is 6.92 Å². The number of hydrogen-bond donors (Lipinski definition) is 1. The van der Waals surface area contributed by atoms with E-state index in [2.05, 4.69) is 9.97 Å². The van der Waals surface area contributed by atoms with Crippen molar-refractivity contribution in [2.45, 2.75) is 29.7 Å². The van der Waals surface area contributed by atoms with Crippen molar-refractivity contribution >= 4 is 23.3 Å². The Kier molecular flexibility index (Phi) is 4.52. The van der Waals surface area contributed by atoms with E-state index >= 15 is 0 Å². The van der Waals surface area contributed by atoms with Gasteiger partial charge in [-0.3, -0.25) is 10.1 Å². The van der Waals surface area contributed by atoms with Gasteiger partial charge in [0, 0.05) is 11.6 Å². The molecule has 0 spiro atoms. The summed E-state index contributed by atoms with van der Waals surface area (Å²) in [6.45, 7) is 2.03. The Hall–Kier alpha value is -2.15. The van der Waals surface area contributed by atoms with Crippen molar-refractivity contribution in [3.8, 4) is 0 Å². The number of hydrogen-bond acceptors (Lipinski definition) is 6. The molecule has 0 bridgehead atoms. The lowest BCUT2D eigenvalue weighted by Gasteiger charge is -2.09. The number of aromatic nitrogens is 2.